The fourth-order valence-electron chi connectivity index (χ4n) is 0.422. The zero-order valence-electron chi connectivity index (χ0n) is 6.68. The van der Waals surface area contributed by atoms with Crippen LogP contribution >= 0.6 is 15.9 Å². The molecule has 0 amide bonds. The summed E-state index contributed by atoms with van der Waals surface area (Å²) >= 11 is 0.654. The van der Waals surface area contributed by atoms with E-state index in [1.807, 2.05) is 12.1 Å². The van der Waals surface area contributed by atoms with E-state index in [0.29, 0.717) is 12.8 Å². The van der Waals surface area contributed by atoms with Crippen molar-refractivity contribution in [1.29, 1.82) is 10.5 Å². The van der Waals surface area contributed by atoms with Crippen molar-refractivity contribution in [1.82, 2.24) is 0 Å². The van der Waals surface area contributed by atoms with Crippen molar-refractivity contribution in [3.63, 3.8) is 0 Å². The van der Waals surface area contributed by atoms with Crippen LogP contribution in [-0.4, -0.2) is 18.1 Å². The van der Waals surface area contributed by atoms with Gasteiger partial charge < -0.3 is 0 Å². The SMILES string of the molecule is N#CCCC(Br)CC#N.O=S(O)O. The summed E-state index contributed by atoms with van der Waals surface area (Å²) in [6.45, 7) is 0. The predicted molar refractivity (Wildman–Crippen MR) is 51.2 cm³/mol. The largest absolute Gasteiger partial charge is 0.299 e. The summed E-state index contributed by atoms with van der Waals surface area (Å²) in [5.74, 6) is 0. The zero-order valence-corrected chi connectivity index (χ0v) is 9.08. The number of nitriles is 2. The van der Waals surface area contributed by atoms with Gasteiger partial charge in [-0.3, -0.25) is 9.11 Å². The first kappa shape index (κ1) is 15.0. The second-order valence-electron chi connectivity index (χ2n) is 1.89. The molecule has 1 unspecified atom stereocenters. The Hall–Kier alpha value is -0.470. The van der Waals surface area contributed by atoms with Gasteiger partial charge in [0.05, 0.1) is 12.1 Å². The van der Waals surface area contributed by atoms with Gasteiger partial charge in [-0.25, -0.2) is 0 Å². The van der Waals surface area contributed by atoms with E-state index in [-0.39, 0.29) is 4.83 Å². The van der Waals surface area contributed by atoms with Gasteiger partial charge in [0.25, 0.3) is 11.4 Å². The maximum atomic E-state index is 8.67. The summed E-state index contributed by atoms with van der Waals surface area (Å²) in [5, 5.41) is 16.3. The molecule has 0 aliphatic rings. The van der Waals surface area contributed by atoms with Gasteiger partial charge in [0.15, 0.2) is 0 Å². The third kappa shape index (κ3) is 24.6. The van der Waals surface area contributed by atoms with E-state index in [9.17, 15) is 0 Å². The highest BCUT2D eigenvalue weighted by atomic mass is 79.9. The van der Waals surface area contributed by atoms with E-state index in [1.165, 1.54) is 0 Å². The topological polar surface area (TPSA) is 105 Å². The van der Waals surface area contributed by atoms with Crippen LogP contribution in [0.5, 0.6) is 0 Å². The van der Waals surface area contributed by atoms with Crippen LogP contribution in [0.2, 0.25) is 0 Å². The molecule has 0 aromatic carbocycles. The molecule has 74 valence electrons. The first-order valence-electron chi connectivity index (χ1n) is 3.22. The molecule has 0 radical (unpaired) electrons. The molecule has 0 aliphatic heterocycles. The molecular formula is C6H9BrN2O3S. The van der Waals surface area contributed by atoms with Gasteiger partial charge in [0.2, 0.25) is 0 Å². The molecule has 0 heterocycles. The number of halogens is 1. The smallest absolute Gasteiger partial charge is 0.284 e. The van der Waals surface area contributed by atoms with Crippen molar-refractivity contribution < 1.29 is 13.3 Å². The third-order valence-electron chi connectivity index (χ3n) is 0.882. The molecule has 13 heavy (non-hydrogen) atoms. The summed E-state index contributed by atoms with van der Waals surface area (Å²) in [7, 11) is 0. The van der Waals surface area contributed by atoms with E-state index < -0.39 is 11.4 Å². The molecule has 0 aliphatic carbocycles. The van der Waals surface area contributed by atoms with Crippen molar-refractivity contribution in [2.24, 2.45) is 0 Å². The van der Waals surface area contributed by atoms with Crippen molar-refractivity contribution in [3.05, 3.63) is 0 Å². The molecule has 0 fully saturated rings. The second kappa shape index (κ2) is 11.5. The van der Waals surface area contributed by atoms with E-state index in [2.05, 4.69) is 15.9 Å². The lowest BCUT2D eigenvalue weighted by Gasteiger charge is -1.97. The van der Waals surface area contributed by atoms with Crippen LogP contribution in [0.15, 0.2) is 0 Å². The monoisotopic (exact) mass is 268 g/mol. The minimum Gasteiger partial charge on any atom is -0.284 e. The maximum Gasteiger partial charge on any atom is 0.299 e. The first-order valence-corrected chi connectivity index (χ1v) is 5.20. The van der Waals surface area contributed by atoms with Crippen molar-refractivity contribution in [2.75, 3.05) is 0 Å². The Morgan fingerprint density at radius 1 is 1.38 bits per heavy atom. The molecule has 7 heteroatoms. The summed E-state index contributed by atoms with van der Waals surface area (Å²) in [4.78, 5) is 0.196. The van der Waals surface area contributed by atoms with Gasteiger partial charge >= 0.3 is 0 Å². The van der Waals surface area contributed by atoms with Gasteiger partial charge in [-0.2, -0.15) is 14.7 Å². The third-order valence-corrected chi connectivity index (χ3v) is 1.66. The molecule has 0 aromatic rings. The fraction of sp³-hybridized carbons (Fsp3) is 0.667. The van der Waals surface area contributed by atoms with Crippen LogP contribution in [0.4, 0.5) is 0 Å². The highest BCUT2D eigenvalue weighted by Crippen LogP contribution is 2.10. The Morgan fingerprint density at radius 3 is 2.15 bits per heavy atom. The summed E-state index contributed by atoms with van der Waals surface area (Å²) in [5.41, 5.74) is 0. The Kier molecular flexibility index (Phi) is 13.3. The summed E-state index contributed by atoms with van der Waals surface area (Å²) < 4.78 is 22.8. The number of hydrogen-bond acceptors (Lipinski definition) is 3. The molecule has 0 aromatic heterocycles. The minimum absolute atomic E-state index is 0.196. The quantitative estimate of drug-likeness (QED) is 0.598. The number of nitrogens with zero attached hydrogens (tertiary/aromatic N) is 2. The van der Waals surface area contributed by atoms with Crippen molar-refractivity contribution in [3.8, 4) is 12.1 Å². The molecule has 5 nitrogen and oxygen atoms in total. The average molecular weight is 269 g/mol. The zero-order chi connectivity index (χ0) is 10.7. The first-order chi connectivity index (χ1) is 6.04. The molecule has 0 rings (SSSR count). The molecule has 0 bridgehead atoms. The van der Waals surface area contributed by atoms with Gasteiger partial charge in [0.1, 0.15) is 0 Å². The average Bonchev–Trinajstić information content (AvgIpc) is 2.00. The molecule has 1 atom stereocenters. The van der Waals surface area contributed by atoms with Gasteiger partial charge in [-0.05, 0) is 6.42 Å². The van der Waals surface area contributed by atoms with Gasteiger partial charge in [-0.1, -0.05) is 15.9 Å². The van der Waals surface area contributed by atoms with E-state index in [1.54, 1.807) is 0 Å². The Labute approximate surface area is 87.6 Å². The minimum atomic E-state index is -2.61. The Bertz CT molecular complexity index is 219. The van der Waals surface area contributed by atoms with Crippen LogP contribution < -0.4 is 0 Å². The number of alkyl halides is 1. The normalized spacial score (nSPS) is 10.6. The summed E-state index contributed by atoms with van der Waals surface area (Å²) in [6.07, 6.45) is 1.78. The van der Waals surface area contributed by atoms with E-state index in [0.717, 1.165) is 6.42 Å². The fourth-order valence-corrected chi connectivity index (χ4v) is 0.796. The Morgan fingerprint density at radius 2 is 1.85 bits per heavy atom. The molecule has 2 N–H and O–H groups in total. The second-order valence-corrected chi connectivity index (χ2v) is 3.64. The number of rotatable bonds is 3. The predicted octanol–water partition coefficient (Wildman–Crippen LogP) is 1.65. The highest BCUT2D eigenvalue weighted by Gasteiger charge is 2.00. The molecule has 0 saturated carbocycles. The van der Waals surface area contributed by atoms with Crippen LogP contribution in [0, 0.1) is 22.7 Å². The lowest BCUT2D eigenvalue weighted by Crippen LogP contribution is -1.93. The molecular weight excluding hydrogens is 260 g/mol. The standard InChI is InChI=1S/C6H7BrN2.H2O3S/c7-6(3-5-9)2-1-4-8;1-4(2)3/h6H,1-3H2;(H2,1,2,3). The van der Waals surface area contributed by atoms with Crippen molar-refractivity contribution >= 4 is 27.3 Å². The van der Waals surface area contributed by atoms with Crippen LogP contribution in [0.1, 0.15) is 19.3 Å². The lowest BCUT2D eigenvalue weighted by molar-refractivity contribution is 0.454. The van der Waals surface area contributed by atoms with Gasteiger partial charge in [0, 0.05) is 17.7 Å². The van der Waals surface area contributed by atoms with Crippen molar-refractivity contribution in [2.45, 2.75) is 24.1 Å². The van der Waals surface area contributed by atoms with Crippen LogP contribution in [-0.2, 0) is 11.4 Å². The lowest BCUT2D eigenvalue weighted by atomic mass is 10.2. The highest BCUT2D eigenvalue weighted by molar-refractivity contribution is 9.09. The van der Waals surface area contributed by atoms with Crippen LogP contribution in [0.3, 0.4) is 0 Å². The molecule has 0 spiro atoms. The molecule has 0 saturated heterocycles. The number of hydrogen-bond donors (Lipinski definition) is 2. The maximum absolute atomic E-state index is 8.67. The van der Waals surface area contributed by atoms with E-state index >= 15 is 0 Å². The van der Waals surface area contributed by atoms with Crippen LogP contribution in [0.25, 0.3) is 0 Å². The Balaban J connectivity index is 0. The van der Waals surface area contributed by atoms with E-state index in [4.69, 9.17) is 23.8 Å². The summed E-state index contributed by atoms with van der Waals surface area (Å²) in [6, 6.07) is 4.04. The van der Waals surface area contributed by atoms with Gasteiger partial charge in [-0.15, -0.1) is 0 Å².